The third-order valence-corrected chi connectivity index (χ3v) is 10.5. The molecule has 2 aliphatic carbocycles. The second kappa shape index (κ2) is 10.2. The Labute approximate surface area is 254 Å². The van der Waals surface area contributed by atoms with Gasteiger partial charge in [-0.1, -0.05) is 35.3 Å². The maximum atomic E-state index is 16.8. The number of halogens is 3. The molecule has 2 bridgehead atoms. The monoisotopic (exact) mass is 603 g/mol. The third-order valence-electron chi connectivity index (χ3n) is 9.72. The van der Waals surface area contributed by atoms with Gasteiger partial charge in [0.1, 0.15) is 5.52 Å². The molecule has 2 aromatic carbocycles. The van der Waals surface area contributed by atoms with Crippen molar-refractivity contribution in [3.63, 3.8) is 0 Å². The Morgan fingerprint density at radius 2 is 2.07 bits per heavy atom. The van der Waals surface area contributed by atoms with Crippen LogP contribution in [0.5, 0.6) is 0 Å². The third kappa shape index (κ3) is 4.14. The lowest BCUT2D eigenvalue weighted by Gasteiger charge is -2.39. The van der Waals surface area contributed by atoms with Crippen molar-refractivity contribution < 1.29 is 9.18 Å². The lowest BCUT2D eigenvalue weighted by molar-refractivity contribution is -0.133. The number of benzene rings is 2. The Balaban J connectivity index is 1.52. The summed E-state index contributed by atoms with van der Waals surface area (Å²) in [4.78, 5) is 19.8. The van der Waals surface area contributed by atoms with Gasteiger partial charge in [-0.2, -0.15) is 5.26 Å². The molecule has 0 radical (unpaired) electrons. The summed E-state index contributed by atoms with van der Waals surface area (Å²) in [5, 5.41) is 15.4. The number of hydrogen-bond acceptors (Lipinski definition) is 4. The smallest absolute Gasteiger partial charge is 0.225 e. The molecule has 4 fully saturated rings. The Morgan fingerprint density at radius 1 is 1.29 bits per heavy atom. The molecular weight excluding hydrogens is 572 g/mol. The van der Waals surface area contributed by atoms with E-state index in [1.165, 1.54) is 0 Å². The number of nitrogens with one attached hydrogen (secondary N) is 1. The van der Waals surface area contributed by atoms with Crippen molar-refractivity contribution in [2.24, 2.45) is 11.8 Å². The van der Waals surface area contributed by atoms with Crippen molar-refractivity contribution >= 4 is 50.9 Å². The van der Waals surface area contributed by atoms with Crippen molar-refractivity contribution in [1.82, 2.24) is 19.8 Å². The minimum atomic E-state index is -0.465. The number of aryl methyl sites for hydroxylation is 2. The fourth-order valence-electron chi connectivity index (χ4n) is 7.17. The van der Waals surface area contributed by atoms with Crippen LogP contribution in [-0.4, -0.2) is 40.0 Å². The number of nitriles is 1. The van der Waals surface area contributed by atoms with Gasteiger partial charge >= 0.3 is 0 Å². The van der Waals surface area contributed by atoms with E-state index in [1.54, 1.807) is 18.2 Å². The van der Waals surface area contributed by atoms with E-state index >= 15 is 4.39 Å². The molecule has 4 heterocycles. The fraction of sp³-hybridized carbons (Fsp3) is 0.424. The second-order valence-corrected chi connectivity index (χ2v) is 13.0. The SMILES string of the molecule is Cc1nc2c(F)c(-c3cccc(Cl)c3Cl)c(CCC#N)cc2c2c1cc([C@@H](C)N(C)C(=O)C1CC1)n2[C@H]1[C@H]2CN[C@@H]1C2. The Morgan fingerprint density at radius 3 is 2.74 bits per heavy atom. The average molecular weight is 605 g/mol. The molecule has 4 aliphatic rings. The number of hydrogen-bond donors (Lipinski definition) is 1. The molecule has 8 rings (SSSR count). The van der Waals surface area contributed by atoms with Crippen LogP contribution in [0.2, 0.25) is 10.0 Å². The molecule has 0 spiro atoms. The summed E-state index contributed by atoms with van der Waals surface area (Å²) in [6.45, 7) is 4.95. The summed E-state index contributed by atoms with van der Waals surface area (Å²) >= 11 is 13.0. The molecule has 1 N–H and O–H groups in total. The molecule has 42 heavy (non-hydrogen) atoms. The zero-order chi connectivity index (χ0) is 29.4. The Bertz CT molecular complexity index is 1810. The number of aromatic nitrogens is 2. The molecule has 4 aromatic rings. The van der Waals surface area contributed by atoms with Gasteiger partial charge in [0.15, 0.2) is 5.82 Å². The predicted octanol–water partition coefficient (Wildman–Crippen LogP) is 7.53. The van der Waals surface area contributed by atoms with E-state index in [0.717, 1.165) is 48.1 Å². The van der Waals surface area contributed by atoms with Gasteiger partial charge < -0.3 is 14.8 Å². The van der Waals surface area contributed by atoms with E-state index in [0.29, 0.717) is 45.5 Å². The summed E-state index contributed by atoms with van der Waals surface area (Å²) < 4.78 is 19.2. The molecule has 2 saturated carbocycles. The summed E-state index contributed by atoms with van der Waals surface area (Å²) in [6, 6.07) is 11.9. The summed E-state index contributed by atoms with van der Waals surface area (Å²) in [5.74, 6) is 0.306. The van der Waals surface area contributed by atoms with Gasteiger partial charge in [0, 0.05) is 65.3 Å². The summed E-state index contributed by atoms with van der Waals surface area (Å²) in [6.07, 6.45) is 3.60. The van der Waals surface area contributed by atoms with Crippen LogP contribution in [0.3, 0.4) is 0 Å². The molecule has 6 nitrogen and oxygen atoms in total. The van der Waals surface area contributed by atoms with Gasteiger partial charge in [0.2, 0.25) is 5.91 Å². The first-order valence-corrected chi connectivity index (χ1v) is 15.4. The van der Waals surface area contributed by atoms with Crippen LogP contribution in [0, 0.1) is 35.9 Å². The van der Waals surface area contributed by atoms with Crippen LogP contribution >= 0.6 is 23.2 Å². The zero-order valence-electron chi connectivity index (χ0n) is 23.8. The number of fused-ring (bicyclic) bond motifs is 4. The number of carbonyl (C=O) groups excluding carboxylic acids is 1. The number of nitrogens with zero attached hydrogens (tertiary/aromatic N) is 4. The molecule has 2 saturated heterocycles. The second-order valence-electron chi connectivity index (χ2n) is 12.2. The number of rotatable bonds is 7. The number of carbonyl (C=O) groups is 1. The molecule has 216 valence electrons. The summed E-state index contributed by atoms with van der Waals surface area (Å²) in [7, 11) is 1.89. The van der Waals surface area contributed by atoms with Crippen LogP contribution in [-0.2, 0) is 11.2 Å². The minimum absolute atomic E-state index is 0.120. The molecule has 1 amide bonds. The maximum Gasteiger partial charge on any atom is 0.225 e. The Kier molecular flexibility index (Phi) is 6.73. The topological polar surface area (TPSA) is 74.0 Å². The van der Waals surface area contributed by atoms with Gasteiger partial charge in [0.05, 0.1) is 33.7 Å². The first kappa shape index (κ1) is 27.6. The van der Waals surface area contributed by atoms with Crippen LogP contribution < -0.4 is 5.32 Å². The van der Waals surface area contributed by atoms with E-state index in [2.05, 4.69) is 28.9 Å². The number of amides is 1. The highest BCUT2D eigenvalue weighted by Crippen LogP contribution is 2.50. The zero-order valence-corrected chi connectivity index (χ0v) is 25.4. The quantitative estimate of drug-likeness (QED) is 0.237. The van der Waals surface area contributed by atoms with Crippen LogP contribution in [0.15, 0.2) is 30.3 Å². The van der Waals surface area contributed by atoms with Crippen molar-refractivity contribution in [3.8, 4) is 17.2 Å². The predicted molar refractivity (Wildman–Crippen MR) is 164 cm³/mol. The van der Waals surface area contributed by atoms with Crippen molar-refractivity contribution in [3.05, 3.63) is 63.1 Å². The lowest BCUT2D eigenvalue weighted by atomic mass is 9.79. The van der Waals surface area contributed by atoms with Gasteiger partial charge in [-0.15, -0.1) is 0 Å². The molecular formula is C33H32Cl2FN5O. The highest BCUT2D eigenvalue weighted by molar-refractivity contribution is 6.43. The van der Waals surface area contributed by atoms with Crippen molar-refractivity contribution in [2.75, 3.05) is 13.6 Å². The molecule has 2 aromatic heterocycles. The van der Waals surface area contributed by atoms with E-state index < -0.39 is 5.82 Å². The van der Waals surface area contributed by atoms with Gasteiger partial charge in [0.25, 0.3) is 0 Å². The maximum absolute atomic E-state index is 16.8. The highest BCUT2D eigenvalue weighted by atomic mass is 35.5. The Hall–Kier alpha value is -3.18. The lowest BCUT2D eigenvalue weighted by Crippen LogP contribution is -2.41. The van der Waals surface area contributed by atoms with Gasteiger partial charge in [-0.3, -0.25) is 4.79 Å². The van der Waals surface area contributed by atoms with Gasteiger partial charge in [-0.25, -0.2) is 9.37 Å². The molecule has 9 heteroatoms. The molecule has 2 aliphatic heterocycles. The van der Waals surface area contributed by atoms with E-state index in [9.17, 15) is 10.1 Å². The van der Waals surface area contributed by atoms with Crippen LogP contribution in [0.25, 0.3) is 32.9 Å². The number of pyridine rings is 1. The van der Waals surface area contributed by atoms with Crippen LogP contribution in [0.4, 0.5) is 4.39 Å². The standard InChI is InChI=1S/C33H32Cl2FN5O/c1-16-22-14-26(17(2)40(3)33(42)18-9-10-18)41(31-20-13-25(31)38-15-20)32(22)23-12-19(6-5-11-37)27(29(36)30(23)39-16)21-7-4-8-24(34)28(21)35/h4,7-8,12,14,17-18,20,25,31,38H,5-6,9-10,13,15H2,1-3H3/t17-,20-,25-,31+/m1/s1. The van der Waals surface area contributed by atoms with E-state index in [4.69, 9.17) is 28.2 Å². The minimum Gasteiger partial charge on any atom is -0.337 e. The normalized spacial score (nSPS) is 21.9. The largest absolute Gasteiger partial charge is 0.337 e. The summed E-state index contributed by atoms with van der Waals surface area (Å²) in [5.41, 5.74) is 4.50. The fourth-order valence-corrected chi connectivity index (χ4v) is 7.57. The first-order chi connectivity index (χ1) is 20.2. The van der Waals surface area contributed by atoms with Crippen LogP contribution in [0.1, 0.15) is 61.6 Å². The molecule has 0 unspecified atom stereocenters. The van der Waals surface area contributed by atoms with E-state index in [1.807, 2.05) is 24.9 Å². The van der Waals surface area contributed by atoms with E-state index in [-0.39, 0.29) is 40.9 Å². The highest BCUT2D eigenvalue weighted by Gasteiger charge is 2.49. The van der Waals surface area contributed by atoms with Gasteiger partial charge in [-0.05, 0) is 69.2 Å². The van der Waals surface area contributed by atoms with Crippen molar-refractivity contribution in [1.29, 1.82) is 5.26 Å². The van der Waals surface area contributed by atoms with Crippen molar-refractivity contribution in [2.45, 2.75) is 64.1 Å². The first-order valence-electron chi connectivity index (χ1n) is 14.7. The molecule has 4 atom stereocenters. The average Bonchev–Trinajstić information content (AvgIpc) is 3.37.